The largest absolute Gasteiger partial charge is 0.314 e. The Bertz CT molecular complexity index is 211. The van der Waals surface area contributed by atoms with E-state index in [1.54, 1.807) is 0 Å². The second-order valence-electron chi connectivity index (χ2n) is 6.22. The number of rotatable bonds is 7. The first-order chi connectivity index (χ1) is 8.29. The molecule has 1 saturated carbocycles. The van der Waals surface area contributed by atoms with E-state index in [-0.39, 0.29) is 0 Å². The normalized spacial score (nSPS) is 28.2. The molecule has 17 heavy (non-hydrogen) atoms. The van der Waals surface area contributed by atoms with E-state index in [2.05, 4.69) is 24.1 Å². The molecule has 0 amide bonds. The Hall–Kier alpha value is -0.0800. The summed E-state index contributed by atoms with van der Waals surface area (Å²) in [4.78, 5) is 2.77. The van der Waals surface area contributed by atoms with Gasteiger partial charge in [-0.3, -0.25) is 0 Å². The molecular formula is C15H30N2. The monoisotopic (exact) mass is 238 g/mol. The Balaban J connectivity index is 1.69. The maximum atomic E-state index is 3.67. The van der Waals surface area contributed by atoms with Gasteiger partial charge in [0.15, 0.2) is 0 Å². The zero-order chi connectivity index (χ0) is 12.1. The Morgan fingerprint density at radius 1 is 1.24 bits per heavy atom. The number of piperidine rings is 1. The minimum atomic E-state index is 0.813. The Kier molecular flexibility index (Phi) is 5.30. The molecule has 1 heterocycles. The minimum Gasteiger partial charge on any atom is -0.314 e. The van der Waals surface area contributed by atoms with Crippen molar-refractivity contribution in [3.63, 3.8) is 0 Å². The number of likely N-dealkylation sites (tertiary alicyclic amines) is 1. The summed E-state index contributed by atoms with van der Waals surface area (Å²) >= 11 is 0. The molecule has 0 radical (unpaired) electrons. The molecule has 2 atom stereocenters. The Morgan fingerprint density at radius 2 is 2.06 bits per heavy atom. The third-order valence-corrected chi connectivity index (χ3v) is 4.25. The van der Waals surface area contributed by atoms with Crippen molar-refractivity contribution >= 4 is 0 Å². The summed E-state index contributed by atoms with van der Waals surface area (Å²) in [5.74, 6) is 0.813. The van der Waals surface area contributed by atoms with Crippen LogP contribution in [0, 0.1) is 5.92 Å². The third kappa shape index (κ3) is 4.59. The topological polar surface area (TPSA) is 15.3 Å². The fourth-order valence-electron chi connectivity index (χ4n) is 3.08. The molecule has 2 rings (SSSR count). The van der Waals surface area contributed by atoms with Crippen molar-refractivity contribution in [1.82, 2.24) is 10.2 Å². The summed E-state index contributed by atoms with van der Waals surface area (Å²) in [6.45, 7) is 8.61. The lowest BCUT2D eigenvalue weighted by Crippen LogP contribution is -2.43. The first-order valence-corrected chi connectivity index (χ1v) is 7.77. The summed E-state index contributed by atoms with van der Waals surface area (Å²) in [7, 11) is 0. The van der Waals surface area contributed by atoms with E-state index in [0.717, 1.165) is 18.0 Å². The van der Waals surface area contributed by atoms with E-state index in [4.69, 9.17) is 0 Å². The number of nitrogens with one attached hydrogen (secondary N) is 1. The maximum absolute atomic E-state index is 3.67. The number of nitrogens with zero attached hydrogens (tertiary/aromatic N) is 1. The van der Waals surface area contributed by atoms with Gasteiger partial charge in [-0.1, -0.05) is 26.7 Å². The molecule has 0 aromatic heterocycles. The van der Waals surface area contributed by atoms with Gasteiger partial charge in [-0.25, -0.2) is 0 Å². The molecule has 0 bridgehead atoms. The molecule has 0 aromatic rings. The molecule has 1 saturated heterocycles. The predicted octanol–water partition coefficient (Wildman–Crippen LogP) is 3.03. The zero-order valence-electron chi connectivity index (χ0n) is 11.8. The van der Waals surface area contributed by atoms with E-state index >= 15 is 0 Å². The van der Waals surface area contributed by atoms with Gasteiger partial charge in [0.1, 0.15) is 0 Å². The van der Waals surface area contributed by atoms with Gasteiger partial charge in [-0.05, 0) is 51.1 Å². The summed E-state index contributed by atoms with van der Waals surface area (Å²) in [5, 5.41) is 3.67. The molecule has 0 aromatic carbocycles. The highest BCUT2D eigenvalue weighted by molar-refractivity contribution is 4.83. The molecule has 100 valence electrons. The van der Waals surface area contributed by atoms with Crippen LogP contribution in [0.25, 0.3) is 0 Å². The van der Waals surface area contributed by atoms with Crippen LogP contribution in [-0.2, 0) is 0 Å². The highest BCUT2D eigenvalue weighted by atomic mass is 15.2. The van der Waals surface area contributed by atoms with Gasteiger partial charge < -0.3 is 10.2 Å². The lowest BCUT2D eigenvalue weighted by atomic mass is 9.97. The first kappa shape index (κ1) is 13.4. The second kappa shape index (κ2) is 6.75. The number of hydrogen-bond acceptors (Lipinski definition) is 2. The van der Waals surface area contributed by atoms with Gasteiger partial charge in [0.05, 0.1) is 0 Å². The maximum Gasteiger partial charge on any atom is 0.00952 e. The average Bonchev–Trinajstić information content (AvgIpc) is 3.13. The van der Waals surface area contributed by atoms with Gasteiger partial charge in [0.2, 0.25) is 0 Å². The van der Waals surface area contributed by atoms with Crippen LogP contribution in [0.2, 0.25) is 0 Å². The van der Waals surface area contributed by atoms with E-state index in [0.29, 0.717) is 0 Å². The first-order valence-electron chi connectivity index (χ1n) is 7.77. The summed E-state index contributed by atoms with van der Waals surface area (Å²) in [6, 6.07) is 1.75. The van der Waals surface area contributed by atoms with E-state index in [1.165, 1.54) is 64.6 Å². The van der Waals surface area contributed by atoms with Crippen molar-refractivity contribution in [1.29, 1.82) is 0 Å². The van der Waals surface area contributed by atoms with Crippen LogP contribution >= 0.6 is 0 Å². The molecule has 2 fully saturated rings. The highest BCUT2D eigenvalue weighted by Crippen LogP contribution is 2.22. The van der Waals surface area contributed by atoms with Crippen LogP contribution in [0.4, 0.5) is 0 Å². The van der Waals surface area contributed by atoms with Crippen molar-refractivity contribution < 1.29 is 0 Å². The third-order valence-electron chi connectivity index (χ3n) is 4.25. The molecule has 0 spiro atoms. The Morgan fingerprint density at radius 3 is 2.76 bits per heavy atom. The fourth-order valence-corrected chi connectivity index (χ4v) is 3.08. The summed E-state index contributed by atoms with van der Waals surface area (Å²) in [5.41, 5.74) is 0. The van der Waals surface area contributed by atoms with E-state index < -0.39 is 0 Å². The second-order valence-corrected chi connectivity index (χ2v) is 6.22. The van der Waals surface area contributed by atoms with Crippen molar-refractivity contribution in [2.45, 2.75) is 70.9 Å². The minimum absolute atomic E-state index is 0.813. The molecule has 1 aliphatic heterocycles. The molecule has 1 aliphatic carbocycles. The Labute approximate surface area is 107 Å². The highest BCUT2D eigenvalue weighted by Gasteiger charge is 2.24. The van der Waals surface area contributed by atoms with Crippen LogP contribution in [0.1, 0.15) is 58.8 Å². The quantitative estimate of drug-likeness (QED) is 0.733. The summed E-state index contributed by atoms with van der Waals surface area (Å²) in [6.07, 6.45) is 9.89. The fraction of sp³-hybridized carbons (Fsp3) is 1.00. The lowest BCUT2D eigenvalue weighted by Gasteiger charge is -2.37. The standard InChI is InChI=1S/C15H30N2/c1-3-6-15-7-4-5-10-17(15)12-13(2)11-16-14-8-9-14/h13-16H,3-12H2,1-2H3. The van der Waals surface area contributed by atoms with Gasteiger partial charge in [0, 0.05) is 18.6 Å². The van der Waals surface area contributed by atoms with Gasteiger partial charge in [-0.15, -0.1) is 0 Å². The van der Waals surface area contributed by atoms with E-state index in [9.17, 15) is 0 Å². The molecular weight excluding hydrogens is 208 g/mol. The van der Waals surface area contributed by atoms with Crippen LogP contribution in [0.5, 0.6) is 0 Å². The van der Waals surface area contributed by atoms with Crippen LogP contribution in [-0.4, -0.2) is 36.6 Å². The van der Waals surface area contributed by atoms with E-state index in [1.807, 2.05) is 0 Å². The van der Waals surface area contributed by atoms with Gasteiger partial charge in [-0.2, -0.15) is 0 Å². The molecule has 2 nitrogen and oxygen atoms in total. The smallest absolute Gasteiger partial charge is 0.00952 e. The van der Waals surface area contributed by atoms with Crippen molar-refractivity contribution in [2.24, 2.45) is 5.92 Å². The van der Waals surface area contributed by atoms with Gasteiger partial charge >= 0.3 is 0 Å². The molecule has 2 unspecified atom stereocenters. The van der Waals surface area contributed by atoms with Gasteiger partial charge in [0.25, 0.3) is 0 Å². The van der Waals surface area contributed by atoms with Crippen LogP contribution < -0.4 is 5.32 Å². The molecule has 2 aliphatic rings. The molecule has 2 heteroatoms. The van der Waals surface area contributed by atoms with Crippen molar-refractivity contribution in [3.05, 3.63) is 0 Å². The average molecular weight is 238 g/mol. The lowest BCUT2D eigenvalue weighted by molar-refractivity contribution is 0.120. The SMILES string of the molecule is CCCC1CCCCN1CC(C)CNC1CC1. The predicted molar refractivity (Wildman–Crippen MR) is 74.3 cm³/mol. The zero-order valence-corrected chi connectivity index (χ0v) is 11.8. The van der Waals surface area contributed by atoms with Crippen molar-refractivity contribution in [2.75, 3.05) is 19.6 Å². The van der Waals surface area contributed by atoms with Crippen LogP contribution in [0.15, 0.2) is 0 Å². The number of hydrogen-bond donors (Lipinski definition) is 1. The van der Waals surface area contributed by atoms with Crippen LogP contribution in [0.3, 0.4) is 0 Å². The van der Waals surface area contributed by atoms with Crippen molar-refractivity contribution in [3.8, 4) is 0 Å². The summed E-state index contributed by atoms with van der Waals surface area (Å²) < 4.78 is 0. The molecule has 1 N–H and O–H groups in total.